The number of aromatic nitrogens is 2. The maximum atomic E-state index is 13.4. The Morgan fingerprint density at radius 3 is 2.36 bits per heavy atom. The van der Waals surface area contributed by atoms with E-state index in [-0.39, 0.29) is 35.0 Å². The molecule has 0 aliphatic rings. The van der Waals surface area contributed by atoms with Gasteiger partial charge in [0.05, 0.1) is 39.5 Å². The van der Waals surface area contributed by atoms with Crippen molar-refractivity contribution in [1.29, 1.82) is 0 Å². The molecule has 0 amide bonds. The van der Waals surface area contributed by atoms with Crippen LogP contribution in [0.2, 0.25) is 0 Å². The Morgan fingerprint density at radius 1 is 1.24 bits per heavy atom. The molecule has 0 saturated carbocycles. The van der Waals surface area contributed by atoms with Crippen molar-refractivity contribution >= 4 is 45.1 Å². The molecular weight excluding hydrogens is 479 g/mol. The van der Waals surface area contributed by atoms with Gasteiger partial charge in [-0.15, -0.1) is 0 Å². The Kier molecular flexibility index (Phi) is 6.60. The Labute approximate surface area is 186 Å². The summed E-state index contributed by atoms with van der Waals surface area (Å²) in [6.45, 7) is 4.41. The van der Waals surface area contributed by atoms with Crippen molar-refractivity contribution in [3.63, 3.8) is 0 Å². The van der Waals surface area contributed by atoms with E-state index in [4.69, 9.17) is 14.2 Å². The number of rotatable bonds is 8. The summed E-state index contributed by atoms with van der Waals surface area (Å²) >= 11 is 0. The van der Waals surface area contributed by atoms with Crippen molar-refractivity contribution in [2.45, 2.75) is 31.4 Å². The lowest BCUT2D eigenvalue weighted by Gasteiger charge is -2.26. The Balaban J connectivity index is 2.64. The van der Waals surface area contributed by atoms with E-state index in [9.17, 15) is 32.7 Å². The molecule has 3 rings (SSSR count). The largest absolute Gasteiger partial charge is 0.353 e. The van der Waals surface area contributed by atoms with Gasteiger partial charge in [0.2, 0.25) is 10.0 Å². The number of fused-ring (bicyclic) bond motifs is 3. The number of nitro benzene ring substituents is 1. The number of sulfonamides is 1. The number of nitrogens with zero attached hydrogens (tertiary/aromatic N) is 2. The number of H-pyrrole nitrogens is 1. The summed E-state index contributed by atoms with van der Waals surface area (Å²) in [4.78, 5) is 38.0. The molecule has 1 heterocycles. The van der Waals surface area contributed by atoms with Crippen molar-refractivity contribution in [2.75, 3.05) is 13.2 Å². The molecule has 15 heteroatoms. The Hall–Kier alpha value is -2.90. The second-order valence-electron chi connectivity index (χ2n) is 6.91. The number of primary sulfonamides is 1. The van der Waals surface area contributed by atoms with Crippen LogP contribution in [0.3, 0.4) is 0 Å². The molecule has 0 aliphatic heterocycles. The monoisotopic (exact) mass is 500 g/mol. The zero-order valence-corrected chi connectivity index (χ0v) is 19.5. The standard InChI is InChI=1S/C18H21N4O9PS/c1-4-30-32(27,31-5-2)10(3)21-16-11-7-6-8-14(33(19,28)29)15(11)13(22(25)26)9-12(16)20-17(23)18(21)24/h6-10H,4-5H2,1-3H3,(H,20,23)(H2,19,28,29). The molecule has 0 bridgehead atoms. The lowest BCUT2D eigenvalue weighted by Crippen LogP contribution is -2.38. The fraction of sp³-hybridized carbons (Fsp3) is 0.333. The SMILES string of the molecule is CCOP(=O)(OCC)C(C)n1c(=O)c(=O)[nH]c2cc([N+](=O)[O-])c3c(S(N)(=O)=O)cccc3c21. The van der Waals surface area contributed by atoms with E-state index in [0.29, 0.717) is 0 Å². The van der Waals surface area contributed by atoms with Crippen molar-refractivity contribution in [3.05, 3.63) is 55.1 Å². The summed E-state index contributed by atoms with van der Waals surface area (Å²) in [6, 6.07) is 4.61. The highest BCUT2D eigenvalue weighted by atomic mass is 32.2. The van der Waals surface area contributed by atoms with Crippen molar-refractivity contribution in [3.8, 4) is 0 Å². The van der Waals surface area contributed by atoms with Crippen LogP contribution in [0.25, 0.3) is 21.8 Å². The molecule has 1 atom stereocenters. The van der Waals surface area contributed by atoms with Crippen LogP contribution in [0.4, 0.5) is 5.69 Å². The van der Waals surface area contributed by atoms with Crippen LogP contribution < -0.4 is 16.3 Å². The van der Waals surface area contributed by atoms with Gasteiger partial charge in [0, 0.05) is 11.5 Å². The average Bonchev–Trinajstić information content (AvgIpc) is 2.73. The number of nitro groups is 1. The molecule has 33 heavy (non-hydrogen) atoms. The maximum absolute atomic E-state index is 13.4. The number of benzene rings is 2. The zero-order chi connectivity index (χ0) is 24.7. The van der Waals surface area contributed by atoms with Crippen LogP contribution in [0.15, 0.2) is 38.8 Å². The maximum Gasteiger partial charge on any atom is 0.353 e. The normalized spacial score (nSPS) is 13.5. The highest BCUT2D eigenvalue weighted by Gasteiger charge is 2.36. The Morgan fingerprint density at radius 2 is 1.85 bits per heavy atom. The predicted octanol–water partition coefficient (Wildman–Crippen LogP) is 2.18. The van der Waals surface area contributed by atoms with Crippen molar-refractivity contribution < 1.29 is 27.0 Å². The van der Waals surface area contributed by atoms with Crippen LogP contribution in [0.5, 0.6) is 0 Å². The van der Waals surface area contributed by atoms with Crippen LogP contribution in [0, 0.1) is 10.1 Å². The summed E-state index contributed by atoms with van der Waals surface area (Å²) < 4.78 is 49.2. The fourth-order valence-electron chi connectivity index (χ4n) is 3.65. The summed E-state index contributed by atoms with van der Waals surface area (Å²) in [5.74, 6) is -1.34. The van der Waals surface area contributed by atoms with E-state index >= 15 is 0 Å². The molecule has 178 valence electrons. The first-order valence-electron chi connectivity index (χ1n) is 9.67. The number of nitrogens with two attached hydrogens (primary N) is 1. The van der Waals surface area contributed by atoms with E-state index in [1.54, 1.807) is 13.8 Å². The molecule has 0 saturated heterocycles. The number of hydrogen-bond donors (Lipinski definition) is 2. The fourth-order valence-corrected chi connectivity index (χ4v) is 6.14. The third kappa shape index (κ3) is 4.23. The molecular formula is C18H21N4O9PS. The van der Waals surface area contributed by atoms with Crippen molar-refractivity contribution in [1.82, 2.24) is 9.55 Å². The molecule has 1 unspecified atom stereocenters. The van der Waals surface area contributed by atoms with Gasteiger partial charge in [0.15, 0.2) is 0 Å². The van der Waals surface area contributed by atoms with Gasteiger partial charge < -0.3 is 14.0 Å². The van der Waals surface area contributed by atoms with E-state index in [2.05, 4.69) is 4.98 Å². The first kappa shape index (κ1) is 24.7. The molecule has 0 fully saturated rings. The summed E-state index contributed by atoms with van der Waals surface area (Å²) in [5, 5.41) is 16.6. The minimum atomic E-state index is -4.42. The quantitative estimate of drug-likeness (QED) is 0.153. The topological polar surface area (TPSA) is 194 Å². The minimum absolute atomic E-state index is 0.0285. The Bertz CT molecular complexity index is 1530. The van der Waals surface area contributed by atoms with E-state index < -0.39 is 50.0 Å². The van der Waals surface area contributed by atoms with Gasteiger partial charge in [-0.1, -0.05) is 12.1 Å². The molecule has 13 nitrogen and oxygen atoms in total. The van der Waals surface area contributed by atoms with Crippen LogP contribution in [-0.2, 0) is 23.6 Å². The molecule has 2 aromatic carbocycles. The molecule has 3 aromatic rings. The number of hydrogen-bond acceptors (Lipinski definition) is 9. The molecule has 3 N–H and O–H groups in total. The lowest BCUT2D eigenvalue weighted by atomic mass is 10.1. The third-order valence-corrected chi connectivity index (χ3v) is 8.26. The van der Waals surface area contributed by atoms with Gasteiger partial charge in [-0.25, -0.2) is 13.6 Å². The first-order chi connectivity index (χ1) is 15.4. The van der Waals surface area contributed by atoms with Gasteiger partial charge in [0.25, 0.3) is 5.69 Å². The van der Waals surface area contributed by atoms with Gasteiger partial charge in [0.1, 0.15) is 5.78 Å². The highest BCUT2D eigenvalue weighted by molar-refractivity contribution is 7.89. The van der Waals surface area contributed by atoms with Gasteiger partial charge in [-0.05, 0) is 26.8 Å². The number of nitrogens with one attached hydrogen (secondary N) is 1. The van der Waals surface area contributed by atoms with Gasteiger partial charge >= 0.3 is 18.7 Å². The summed E-state index contributed by atoms with van der Waals surface area (Å²) in [6.07, 6.45) is 0. The second-order valence-corrected chi connectivity index (χ2v) is 10.8. The highest BCUT2D eigenvalue weighted by Crippen LogP contribution is 2.58. The number of aromatic amines is 1. The van der Waals surface area contributed by atoms with Crippen LogP contribution >= 0.6 is 7.60 Å². The van der Waals surface area contributed by atoms with E-state index in [0.717, 1.165) is 16.7 Å². The van der Waals surface area contributed by atoms with Gasteiger partial charge in [-0.2, -0.15) is 0 Å². The molecule has 0 radical (unpaired) electrons. The van der Waals surface area contributed by atoms with Crippen LogP contribution in [-0.4, -0.2) is 36.1 Å². The minimum Gasteiger partial charge on any atom is -0.316 e. The average molecular weight is 500 g/mol. The van der Waals surface area contributed by atoms with Crippen molar-refractivity contribution in [2.24, 2.45) is 5.14 Å². The van der Waals surface area contributed by atoms with E-state index in [1.807, 2.05) is 0 Å². The number of non-ortho nitro benzene ring substituents is 1. The lowest BCUT2D eigenvalue weighted by molar-refractivity contribution is -0.383. The molecule has 0 spiro atoms. The third-order valence-electron chi connectivity index (χ3n) is 4.93. The second kappa shape index (κ2) is 8.80. The van der Waals surface area contributed by atoms with Crippen LogP contribution in [0.1, 0.15) is 26.6 Å². The summed E-state index contributed by atoms with van der Waals surface area (Å²) in [7, 11) is -8.42. The van der Waals surface area contributed by atoms with Gasteiger partial charge in [-0.3, -0.25) is 28.8 Å². The zero-order valence-electron chi connectivity index (χ0n) is 17.8. The summed E-state index contributed by atoms with van der Waals surface area (Å²) in [5.41, 5.74) is -3.18. The predicted molar refractivity (Wildman–Crippen MR) is 120 cm³/mol. The van der Waals surface area contributed by atoms with E-state index in [1.165, 1.54) is 19.1 Å². The molecule has 0 aliphatic carbocycles. The molecule has 1 aromatic heterocycles. The first-order valence-corrected chi connectivity index (χ1v) is 12.8. The smallest absolute Gasteiger partial charge is 0.316 e.